The van der Waals surface area contributed by atoms with E-state index in [4.69, 9.17) is 0 Å². The van der Waals surface area contributed by atoms with Gasteiger partial charge in [0.2, 0.25) is 0 Å². The molecule has 1 aromatic heterocycles. The Labute approximate surface area is 95.7 Å². The molecule has 4 heteroatoms. The third-order valence-corrected chi connectivity index (χ3v) is 2.82. The average Bonchev–Trinajstić information content (AvgIpc) is 2.61. The summed E-state index contributed by atoms with van der Waals surface area (Å²) >= 11 is 3.38. The number of nitrogens with one attached hydrogen (secondary N) is 2. The van der Waals surface area contributed by atoms with Crippen LogP contribution >= 0.6 is 15.9 Å². The minimum Gasteiger partial charge on any atom is -0.309 e. The fraction of sp³-hybridized carbons (Fsp3) is 0.182. The van der Waals surface area contributed by atoms with E-state index >= 15 is 0 Å². The predicted octanol–water partition coefficient (Wildman–Crippen LogP) is 2.69. The van der Waals surface area contributed by atoms with Gasteiger partial charge in [-0.3, -0.25) is 0 Å². The molecule has 1 heterocycles. The molecule has 2 rings (SSSR count). The Hall–Kier alpha value is -1.29. The summed E-state index contributed by atoms with van der Waals surface area (Å²) in [6.07, 6.45) is 0.810. The Morgan fingerprint density at radius 2 is 1.87 bits per heavy atom. The van der Waals surface area contributed by atoms with Crippen LogP contribution in [0.4, 0.5) is 0 Å². The highest BCUT2D eigenvalue weighted by Gasteiger charge is 2.06. The van der Waals surface area contributed by atoms with Crippen LogP contribution in [0.25, 0.3) is 11.3 Å². The van der Waals surface area contributed by atoms with Crippen molar-refractivity contribution in [2.75, 3.05) is 0 Å². The molecule has 0 fully saturated rings. The third kappa shape index (κ3) is 2.04. The van der Waals surface area contributed by atoms with Gasteiger partial charge in [-0.15, -0.1) is 0 Å². The smallest absolute Gasteiger partial charge is 0.309 e. The minimum absolute atomic E-state index is 0.148. The first-order chi connectivity index (χ1) is 7.20. The number of halogens is 1. The fourth-order valence-corrected chi connectivity index (χ4v) is 1.81. The zero-order valence-electron chi connectivity index (χ0n) is 8.30. The van der Waals surface area contributed by atoms with Gasteiger partial charge < -0.3 is 9.97 Å². The van der Waals surface area contributed by atoms with Gasteiger partial charge >= 0.3 is 5.69 Å². The van der Waals surface area contributed by atoms with Crippen LogP contribution in [0.2, 0.25) is 0 Å². The van der Waals surface area contributed by atoms with Crippen LogP contribution < -0.4 is 5.69 Å². The number of aromatic amines is 2. The molecule has 78 valence electrons. The van der Waals surface area contributed by atoms with E-state index in [1.54, 1.807) is 0 Å². The maximum atomic E-state index is 11.2. The number of aromatic nitrogens is 2. The van der Waals surface area contributed by atoms with E-state index in [-0.39, 0.29) is 5.69 Å². The first-order valence-corrected chi connectivity index (χ1v) is 5.57. The lowest BCUT2D eigenvalue weighted by atomic mass is 10.1. The van der Waals surface area contributed by atoms with Crippen LogP contribution in [0.5, 0.6) is 0 Å². The van der Waals surface area contributed by atoms with Crippen LogP contribution in [0, 0.1) is 0 Å². The summed E-state index contributed by atoms with van der Waals surface area (Å²) < 4.78 is 1.03. The molecule has 0 saturated heterocycles. The van der Waals surface area contributed by atoms with Crippen molar-refractivity contribution >= 4 is 15.9 Å². The molecule has 0 aliphatic carbocycles. The maximum Gasteiger partial charge on any atom is 0.323 e. The Morgan fingerprint density at radius 1 is 1.20 bits per heavy atom. The first kappa shape index (κ1) is 10.2. The van der Waals surface area contributed by atoms with Gasteiger partial charge in [0, 0.05) is 10.2 Å². The second-order valence-electron chi connectivity index (χ2n) is 3.29. The maximum absolute atomic E-state index is 11.2. The van der Waals surface area contributed by atoms with Crippen LogP contribution in [-0.4, -0.2) is 9.97 Å². The number of H-pyrrole nitrogens is 2. The highest BCUT2D eigenvalue weighted by molar-refractivity contribution is 9.10. The number of imidazole rings is 1. The highest BCUT2D eigenvalue weighted by Crippen LogP contribution is 2.21. The van der Waals surface area contributed by atoms with Gasteiger partial charge in [-0.05, 0) is 24.1 Å². The lowest BCUT2D eigenvalue weighted by molar-refractivity contribution is 1.05. The molecule has 0 unspecified atom stereocenters. The Kier molecular flexibility index (Phi) is 2.77. The number of hydrogen-bond acceptors (Lipinski definition) is 1. The number of benzene rings is 1. The van der Waals surface area contributed by atoms with Gasteiger partial charge in [0.05, 0.1) is 5.69 Å². The SMILES string of the molecule is CCc1[nH]c(=O)[nH]c1-c1ccc(Br)cc1. The highest BCUT2D eigenvalue weighted by atomic mass is 79.9. The van der Waals surface area contributed by atoms with Gasteiger partial charge in [-0.25, -0.2) is 4.79 Å². The molecule has 0 bridgehead atoms. The van der Waals surface area contributed by atoms with E-state index in [0.29, 0.717) is 0 Å². The van der Waals surface area contributed by atoms with Gasteiger partial charge in [0.15, 0.2) is 0 Å². The third-order valence-electron chi connectivity index (χ3n) is 2.29. The molecule has 2 N–H and O–H groups in total. The minimum atomic E-state index is -0.148. The van der Waals surface area contributed by atoms with Crippen molar-refractivity contribution in [3.8, 4) is 11.3 Å². The number of aryl methyl sites for hydroxylation is 1. The van der Waals surface area contributed by atoms with E-state index in [9.17, 15) is 4.79 Å². The molecule has 1 aromatic carbocycles. The molecule has 0 aliphatic heterocycles. The molecule has 0 aliphatic rings. The van der Waals surface area contributed by atoms with E-state index in [1.165, 1.54) is 0 Å². The van der Waals surface area contributed by atoms with Crippen molar-refractivity contribution in [1.82, 2.24) is 9.97 Å². The van der Waals surface area contributed by atoms with Crippen molar-refractivity contribution in [3.05, 3.63) is 44.9 Å². The lowest BCUT2D eigenvalue weighted by Crippen LogP contribution is -2.00. The molecule has 3 nitrogen and oxygen atoms in total. The lowest BCUT2D eigenvalue weighted by Gasteiger charge is -2.00. The topological polar surface area (TPSA) is 48.6 Å². The van der Waals surface area contributed by atoms with Crippen molar-refractivity contribution in [2.45, 2.75) is 13.3 Å². The van der Waals surface area contributed by atoms with Crippen LogP contribution in [0.1, 0.15) is 12.6 Å². The van der Waals surface area contributed by atoms with Crippen LogP contribution in [0.15, 0.2) is 33.5 Å². The summed E-state index contributed by atoms with van der Waals surface area (Å²) in [5, 5.41) is 0. The summed E-state index contributed by atoms with van der Waals surface area (Å²) in [6.45, 7) is 2.02. The fourth-order valence-electron chi connectivity index (χ4n) is 1.55. The van der Waals surface area contributed by atoms with Gasteiger partial charge in [-0.2, -0.15) is 0 Å². The van der Waals surface area contributed by atoms with E-state index in [0.717, 1.165) is 27.8 Å². The van der Waals surface area contributed by atoms with Crippen LogP contribution in [0.3, 0.4) is 0 Å². The first-order valence-electron chi connectivity index (χ1n) is 4.78. The largest absolute Gasteiger partial charge is 0.323 e. The summed E-state index contributed by atoms with van der Waals surface area (Å²) in [5.41, 5.74) is 2.70. The van der Waals surface area contributed by atoms with Gasteiger partial charge in [0.1, 0.15) is 0 Å². The number of rotatable bonds is 2. The quantitative estimate of drug-likeness (QED) is 0.863. The summed E-state index contributed by atoms with van der Waals surface area (Å²) in [5.74, 6) is 0. The van der Waals surface area contributed by atoms with E-state index in [1.807, 2.05) is 31.2 Å². The number of hydrogen-bond donors (Lipinski definition) is 2. The van der Waals surface area contributed by atoms with E-state index in [2.05, 4.69) is 25.9 Å². The van der Waals surface area contributed by atoms with Crippen LogP contribution in [-0.2, 0) is 6.42 Å². The molecule has 0 atom stereocenters. The normalized spacial score (nSPS) is 10.5. The summed E-state index contributed by atoms with van der Waals surface area (Å²) in [4.78, 5) is 16.8. The van der Waals surface area contributed by atoms with Crippen molar-refractivity contribution in [3.63, 3.8) is 0 Å². The average molecular weight is 267 g/mol. The zero-order chi connectivity index (χ0) is 10.8. The van der Waals surface area contributed by atoms with Gasteiger partial charge in [0.25, 0.3) is 0 Å². The van der Waals surface area contributed by atoms with Crippen molar-refractivity contribution in [1.29, 1.82) is 0 Å². The van der Waals surface area contributed by atoms with Crippen molar-refractivity contribution in [2.24, 2.45) is 0 Å². The molecular weight excluding hydrogens is 256 g/mol. The summed E-state index contributed by atoms with van der Waals surface area (Å²) in [6, 6.07) is 7.87. The molecule has 2 aromatic rings. The Morgan fingerprint density at radius 3 is 2.47 bits per heavy atom. The molecule has 0 spiro atoms. The second kappa shape index (κ2) is 4.06. The molecule has 0 saturated carbocycles. The molecule has 15 heavy (non-hydrogen) atoms. The van der Waals surface area contributed by atoms with Gasteiger partial charge in [-0.1, -0.05) is 35.0 Å². The second-order valence-corrected chi connectivity index (χ2v) is 4.21. The summed E-state index contributed by atoms with van der Waals surface area (Å²) in [7, 11) is 0. The monoisotopic (exact) mass is 266 g/mol. The van der Waals surface area contributed by atoms with E-state index < -0.39 is 0 Å². The molecular formula is C11H11BrN2O. The standard InChI is InChI=1S/C11H11BrN2O/c1-2-9-10(14-11(15)13-9)7-3-5-8(12)6-4-7/h3-6H,2H2,1H3,(H2,13,14,15). The zero-order valence-corrected chi connectivity index (χ0v) is 9.89. The Bertz CT molecular complexity index is 510. The molecule has 0 radical (unpaired) electrons. The van der Waals surface area contributed by atoms with Crippen molar-refractivity contribution < 1.29 is 0 Å². The molecule has 0 amide bonds. The Balaban J connectivity index is 2.53. The predicted molar refractivity (Wildman–Crippen MR) is 63.9 cm³/mol.